The molecule has 0 saturated heterocycles. The highest BCUT2D eigenvalue weighted by Crippen LogP contribution is 2.21. The van der Waals surface area contributed by atoms with Gasteiger partial charge in [0.15, 0.2) is 6.61 Å². The van der Waals surface area contributed by atoms with E-state index in [-0.39, 0.29) is 18.5 Å². The summed E-state index contributed by atoms with van der Waals surface area (Å²) in [5.41, 5.74) is 5.16. The Balaban J connectivity index is 2.04. The van der Waals surface area contributed by atoms with Gasteiger partial charge in [-0.2, -0.15) is 5.10 Å². The molecule has 1 N–H and O–H groups in total. The molecule has 112 valence electrons. The van der Waals surface area contributed by atoms with Crippen molar-refractivity contribution in [1.82, 2.24) is 5.43 Å². The molecule has 0 aliphatic carbocycles. The molecule has 0 aromatic heterocycles. The first kappa shape index (κ1) is 15.0. The molecule has 1 aromatic carbocycles. The zero-order valence-electron chi connectivity index (χ0n) is 12.1. The summed E-state index contributed by atoms with van der Waals surface area (Å²) in [5, 5.41) is 4.05. The molecule has 1 aromatic rings. The lowest BCUT2D eigenvalue weighted by Gasteiger charge is -2.14. The molecule has 1 heterocycles. The van der Waals surface area contributed by atoms with E-state index in [4.69, 9.17) is 9.47 Å². The first-order valence-electron chi connectivity index (χ1n) is 6.85. The third-order valence-electron chi connectivity index (χ3n) is 3.06. The number of carbonyl (C=O) groups is 2. The highest BCUT2D eigenvalue weighted by Gasteiger charge is 2.14. The zero-order valence-corrected chi connectivity index (χ0v) is 12.1. The molecule has 0 saturated carbocycles. The summed E-state index contributed by atoms with van der Waals surface area (Å²) in [5.74, 6) is 0.178. The molecule has 0 spiro atoms. The molecule has 6 heteroatoms. The number of hydrazone groups is 1. The van der Waals surface area contributed by atoms with Crippen molar-refractivity contribution in [1.29, 1.82) is 0 Å². The van der Waals surface area contributed by atoms with Gasteiger partial charge in [0, 0.05) is 12.8 Å². The molecule has 0 atom stereocenters. The molecular weight excluding hydrogens is 272 g/mol. The van der Waals surface area contributed by atoms with Crippen molar-refractivity contribution in [2.45, 2.75) is 26.7 Å². The van der Waals surface area contributed by atoms with E-state index < -0.39 is 0 Å². The average Bonchev–Trinajstić information content (AvgIpc) is 2.47. The average molecular weight is 290 g/mol. The van der Waals surface area contributed by atoms with Gasteiger partial charge in [-0.3, -0.25) is 4.79 Å². The maximum Gasteiger partial charge on any atom is 0.344 e. The molecule has 0 radical (unpaired) electrons. The van der Waals surface area contributed by atoms with Gasteiger partial charge in [0.1, 0.15) is 5.75 Å². The number of nitrogens with one attached hydrogen (secondary N) is 1. The van der Waals surface area contributed by atoms with Gasteiger partial charge in [-0.05, 0) is 43.2 Å². The van der Waals surface area contributed by atoms with Gasteiger partial charge in [-0.15, -0.1) is 0 Å². The van der Waals surface area contributed by atoms with Crippen LogP contribution in [-0.2, 0) is 14.3 Å². The highest BCUT2D eigenvalue weighted by atomic mass is 16.6. The molecule has 1 amide bonds. The van der Waals surface area contributed by atoms with Crippen molar-refractivity contribution in [3.63, 3.8) is 0 Å². The molecule has 6 nitrogen and oxygen atoms in total. The summed E-state index contributed by atoms with van der Waals surface area (Å²) < 4.78 is 10.2. The maximum absolute atomic E-state index is 11.3. The molecule has 0 unspecified atom stereocenters. The SMILES string of the molecule is CCOC(=O)COc1ccc(C2=NNC(=O)CC2)cc1C. The largest absolute Gasteiger partial charge is 0.482 e. The van der Waals surface area contributed by atoms with Crippen LogP contribution in [0, 0.1) is 6.92 Å². The molecule has 0 fully saturated rings. The second-order valence-corrected chi connectivity index (χ2v) is 4.67. The predicted octanol–water partition coefficient (Wildman–Crippen LogP) is 1.55. The quantitative estimate of drug-likeness (QED) is 0.835. The Kier molecular flexibility index (Phi) is 4.92. The van der Waals surface area contributed by atoms with E-state index in [2.05, 4.69) is 10.5 Å². The lowest BCUT2D eigenvalue weighted by atomic mass is 10.0. The van der Waals surface area contributed by atoms with Gasteiger partial charge in [-0.25, -0.2) is 10.2 Å². The van der Waals surface area contributed by atoms with E-state index >= 15 is 0 Å². The third kappa shape index (κ3) is 4.05. The van der Waals surface area contributed by atoms with E-state index in [9.17, 15) is 9.59 Å². The number of nitrogens with zero attached hydrogens (tertiary/aromatic N) is 1. The Bertz CT molecular complexity index is 581. The Labute approximate surface area is 123 Å². The lowest BCUT2D eigenvalue weighted by Crippen LogP contribution is -2.25. The van der Waals surface area contributed by atoms with Gasteiger partial charge in [0.25, 0.3) is 0 Å². The molecule has 1 aliphatic heterocycles. The Morgan fingerprint density at radius 2 is 2.19 bits per heavy atom. The maximum atomic E-state index is 11.3. The standard InChI is InChI=1S/C15H18N2O4/c1-3-20-15(19)9-21-13-6-4-11(8-10(13)2)12-5-7-14(18)17-16-12/h4,6,8H,3,5,7,9H2,1-2H3,(H,17,18). The first-order chi connectivity index (χ1) is 10.1. The minimum absolute atomic E-state index is 0.0649. The van der Waals surface area contributed by atoms with Crippen LogP contribution in [0.2, 0.25) is 0 Å². The minimum atomic E-state index is -0.389. The van der Waals surface area contributed by atoms with E-state index in [0.717, 1.165) is 16.8 Å². The Morgan fingerprint density at radius 3 is 2.81 bits per heavy atom. The van der Waals surface area contributed by atoms with Crippen LogP contribution < -0.4 is 10.2 Å². The number of hydrogen-bond acceptors (Lipinski definition) is 5. The Hall–Kier alpha value is -2.37. The number of carbonyl (C=O) groups excluding carboxylic acids is 2. The normalized spacial score (nSPS) is 14.2. The number of aryl methyl sites for hydroxylation is 1. The third-order valence-corrected chi connectivity index (χ3v) is 3.06. The van der Waals surface area contributed by atoms with E-state index in [0.29, 0.717) is 25.2 Å². The molecule has 2 rings (SSSR count). The fourth-order valence-corrected chi connectivity index (χ4v) is 2.01. The second kappa shape index (κ2) is 6.88. The van der Waals surface area contributed by atoms with Crippen LogP contribution in [0.1, 0.15) is 30.9 Å². The lowest BCUT2D eigenvalue weighted by molar-refractivity contribution is -0.145. The molecular formula is C15H18N2O4. The van der Waals surface area contributed by atoms with Gasteiger partial charge < -0.3 is 9.47 Å². The van der Waals surface area contributed by atoms with Crippen LogP contribution >= 0.6 is 0 Å². The number of amides is 1. The summed E-state index contributed by atoms with van der Waals surface area (Å²) in [6, 6.07) is 5.59. The van der Waals surface area contributed by atoms with Crippen LogP contribution in [0.4, 0.5) is 0 Å². The second-order valence-electron chi connectivity index (χ2n) is 4.67. The molecule has 0 bridgehead atoms. The van der Waals surface area contributed by atoms with Crippen molar-refractivity contribution in [2.24, 2.45) is 5.10 Å². The summed E-state index contributed by atoms with van der Waals surface area (Å²) in [6.45, 7) is 3.88. The summed E-state index contributed by atoms with van der Waals surface area (Å²) in [6.07, 6.45) is 1.06. The van der Waals surface area contributed by atoms with Crippen LogP contribution in [0.25, 0.3) is 0 Å². The molecule has 1 aliphatic rings. The number of esters is 1. The van der Waals surface area contributed by atoms with Crippen LogP contribution in [0.5, 0.6) is 5.75 Å². The number of ether oxygens (including phenoxy) is 2. The first-order valence-corrected chi connectivity index (χ1v) is 6.85. The van der Waals surface area contributed by atoms with E-state index in [1.165, 1.54) is 0 Å². The highest BCUT2D eigenvalue weighted by molar-refractivity contribution is 6.04. The smallest absolute Gasteiger partial charge is 0.344 e. The number of benzene rings is 1. The molecule has 21 heavy (non-hydrogen) atoms. The topological polar surface area (TPSA) is 77.0 Å². The van der Waals surface area contributed by atoms with Crippen LogP contribution in [0.15, 0.2) is 23.3 Å². The van der Waals surface area contributed by atoms with Gasteiger partial charge in [0.05, 0.1) is 12.3 Å². The van der Waals surface area contributed by atoms with Crippen molar-refractivity contribution < 1.29 is 19.1 Å². The zero-order chi connectivity index (χ0) is 15.2. The van der Waals surface area contributed by atoms with Crippen LogP contribution in [0.3, 0.4) is 0 Å². The number of hydrogen-bond donors (Lipinski definition) is 1. The van der Waals surface area contributed by atoms with Crippen molar-refractivity contribution in [3.05, 3.63) is 29.3 Å². The van der Waals surface area contributed by atoms with Crippen LogP contribution in [-0.4, -0.2) is 30.8 Å². The van der Waals surface area contributed by atoms with Gasteiger partial charge in [0.2, 0.25) is 5.91 Å². The van der Waals surface area contributed by atoms with Crippen molar-refractivity contribution >= 4 is 17.6 Å². The van der Waals surface area contributed by atoms with E-state index in [1.54, 1.807) is 13.0 Å². The summed E-state index contributed by atoms with van der Waals surface area (Å²) in [7, 11) is 0. The fourth-order valence-electron chi connectivity index (χ4n) is 2.01. The predicted molar refractivity (Wildman–Crippen MR) is 77.2 cm³/mol. The van der Waals surface area contributed by atoms with Crippen molar-refractivity contribution in [2.75, 3.05) is 13.2 Å². The fraction of sp³-hybridized carbons (Fsp3) is 0.400. The van der Waals surface area contributed by atoms with Gasteiger partial charge >= 0.3 is 5.97 Å². The number of rotatable bonds is 5. The Morgan fingerprint density at radius 1 is 1.38 bits per heavy atom. The minimum Gasteiger partial charge on any atom is -0.482 e. The monoisotopic (exact) mass is 290 g/mol. The summed E-state index contributed by atoms with van der Waals surface area (Å²) in [4.78, 5) is 22.3. The summed E-state index contributed by atoms with van der Waals surface area (Å²) >= 11 is 0. The van der Waals surface area contributed by atoms with Crippen molar-refractivity contribution in [3.8, 4) is 5.75 Å². The van der Waals surface area contributed by atoms with E-state index in [1.807, 2.05) is 19.1 Å². The van der Waals surface area contributed by atoms with Gasteiger partial charge in [-0.1, -0.05) is 0 Å².